The number of rotatable bonds is 2. The van der Waals surface area contributed by atoms with Gasteiger partial charge in [-0.3, -0.25) is 4.79 Å². The van der Waals surface area contributed by atoms with Gasteiger partial charge in [0, 0.05) is 17.7 Å². The highest BCUT2D eigenvalue weighted by Gasteiger charge is 2.14. The third-order valence-electron chi connectivity index (χ3n) is 3.65. The van der Waals surface area contributed by atoms with E-state index in [1.165, 1.54) is 0 Å². The van der Waals surface area contributed by atoms with Crippen molar-refractivity contribution in [2.24, 2.45) is 0 Å². The van der Waals surface area contributed by atoms with Gasteiger partial charge in [0.25, 0.3) is 5.91 Å². The van der Waals surface area contributed by atoms with Crippen molar-refractivity contribution < 1.29 is 14.3 Å². The van der Waals surface area contributed by atoms with Crippen LogP contribution in [0.25, 0.3) is 0 Å². The number of ether oxygens (including phenoxy) is 2. The highest BCUT2D eigenvalue weighted by molar-refractivity contribution is 6.05. The molecule has 1 aliphatic heterocycles. The number of nitrogens with one attached hydrogen (secondary N) is 1. The Balaban J connectivity index is 1.83. The topological polar surface area (TPSA) is 47.6 Å². The Morgan fingerprint density at radius 1 is 1.00 bits per heavy atom. The molecule has 0 atom stereocenters. The highest BCUT2D eigenvalue weighted by Crippen LogP contribution is 2.30. The molecule has 0 saturated heterocycles. The van der Waals surface area contributed by atoms with Crippen LogP contribution in [0.2, 0.25) is 0 Å². The van der Waals surface area contributed by atoms with Gasteiger partial charge in [-0.1, -0.05) is 12.1 Å². The normalized spacial score (nSPS) is 13.4. The lowest BCUT2D eigenvalue weighted by atomic mass is 10.1. The van der Waals surface area contributed by atoms with Crippen molar-refractivity contribution in [3.05, 3.63) is 53.1 Å². The molecule has 0 unspecified atom stereocenters. The first-order chi connectivity index (χ1) is 10.6. The summed E-state index contributed by atoms with van der Waals surface area (Å²) in [5.41, 5.74) is 3.54. The molecule has 0 spiro atoms. The van der Waals surface area contributed by atoms with Crippen molar-refractivity contribution in [3.8, 4) is 11.5 Å². The van der Waals surface area contributed by atoms with Crippen LogP contribution in [0.3, 0.4) is 0 Å². The summed E-state index contributed by atoms with van der Waals surface area (Å²) >= 11 is 0. The van der Waals surface area contributed by atoms with E-state index in [0.717, 1.165) is 23.2 Å². The number of hydrogen-bond acceptors (Lipinski definition) is 3. The largest absolute Gasteiger partial charge is 0.490 e. The predicted molar refractivity (Wildman–Crippen MR) is 85.9 cm³/mol. The zero-order valence-corrected chi connectivity index (χ0v) is 12.8. The molecule has 2 aromatic carbocycles. The van der Waals surface area contributed by atoms with Gasteiger partial charge in [-0.2, -0.15) is 0 Å². The Bertz CT molecular complexity index is 709. The van der Waals surface area contributed by atoms with Gasteiger partial charge in [-0.15, -0.1) is 0 Å². The molecule has 0 bridgehead atoms. The van der Waals surface area contributed by atoms with Crippen molar-refractivity contribution in [2.45, 2.75) is 20.3 Å². The minimum absolute atomic E-state index is 0.149. The minimum Gasteiger partial charge on any atom is -0.490 e. The van der Waals surface area contributed by atoms with Crippen LogP contribution in [-0.4, -0.2) is 19.1 Å². The molecule has 0 saturated carbocycles. The van der Waals surface area contributed by atoms with Gasteiger partial charge in [0.2, 0.25) is 0 Å². The highest BCUT2D eigenvalue weighted by atomic mass is 16.5. The molecule has 1 amide bonds. The van der Waals surface area contributed by atoms with Crippen molar-refractivity contribution >= 4 is 11.6 Å². The van der Waals surface area contributed by atoms with Crippen LogP contribution in [0, 0.1) is 13.8 Å². The van der Waals surface area contributed by atoms with Gasteiger partial charge in [0.15, 0.2) is 11.5 Å². The first-order valence-electron chi connectivity index (χ1n) is 7.42. The Morgan fingerprint density at radius 3 is 2.59 bits per heavy atom. The Labute approximate surface area is 130 Å². The summed E-state index contributed by atoms with van der Waals surface area (Å²) in [4.78, 5) is 12.4. The number of carbonyl (C=O) groups excluding carboxylic acids is 1. The molecular weight excluding hydrogens is 278 g/mol. The fraction of sp³-hybridized carbons (Fsp3) is 0.278. The minimum atomic E-state index is -0.149. The zero-order chi connectivity index (χ0) is 15.5. The molecule has 22 heavy (non-hydrogen) atoms. The molecule has 0 aromatic heterocycles. The quantitative estimate of drug-likeness (QED) is 0.919. The average molecular weight is 297 g/mol. The standard InChI is InChI=1S/C18H19NO3/c1-12-4-5-13(2)15(10-12)19-18(20)14-6-7-16-17(11-14)22-9-3-8-21-16/h4-7,10-11H,3,8-9H2,1-2H3,(H,19,20). The molecule has 4 nitrogen and oxygen atoms in total. The van der Waals surface area contributed by atoms with E-state index in [-0.39, 0.29) is 5.91 Å². The lowest BCUT2D eigenvalue weighted by Gasteiger charge is -2.11. The van der Waals surface area contributed by atoms with E-state index in [1.807, 2.05) is 32.0 Å². The Hall–Kier alpha value is -2.49. The summed E-state index contributed by atoms with van der Waals surface area (Å²) < 4.78 is 11.2. The summed E-state index contributed by atoms with van der Waals surface area (Å²) in [5, 5.41) is 2.95. The van der Waals surface area contributed by atoms with Crippen LogP contribution in [0.4, 0.5) is 5.69 Å². The third-order valence-corrected chi connectivity index (χ3v) is 3.65. The van der Waals surface area contributed by atoms with Crippen LogP contribution in [0.15, 0.2) is 36.4 Å². The molecule has 1 N–H and O–H groups in total. The molecule has 0 aliphatic carbocycles. The molecule has 2 aromatic rings. The van der Waals surface area contributed by atoms with Crippen LogP contribution in [0.5, 0.6) is 11.5 Å². The molecule has 3 rings (SSSR count). The van der Waals surface area contributed by atoms with E-state index in [2.05, 4.69) is 5.32 Å². The van der Waals surface area contributed by atoms with E-state index < -0.39 is 0 Å². The fourth-order valence-corrected chi connectivity index (χ4v) is 2.37. The summed E-state index contributed by atoms with van der Waals surface area (Å²) in [6.07, 6.45) is 0.846. The summed E-state index contributed by atoms with van der Waals surface area (Å²) in [7, 11) is 0. The van der Waals surface area contributed by atoms with Gasteiger partial charge in [0.1, 0.15) is 0 Å². The molecule has 0 radical (unpaired) electrons. The SMILES string of the molecule is Cc1ccc(C)c(NC(=O)c2ccc3c(c2)OCCCO3)c1. The van der Waals surface area contributed by atoms with E-state index >= 15 is 0 Å². The number of anilines is 1. The van der Waals surface area contributed by atoms with Gasteiger partial charge in [0.05, 0.1) is 13.2 Å². The monoisotopic (exact) mass is 297 g/mol. The van der Waals surface area contributed by atoms with E-state index in [9.17, 15) is 4.79 Å². The van der Waals surface area contributed by atoms with Crippen molar-refractivity contribution in [1.29, 1.82) is 0 Å². The molecule has 1 heterocycles. The van der Waals surface area contributed by atoms with Gasteiger partial charge in [-0.25, -0.2) is 0 Å². The number of benzene rings is 2. The predicted octanol–water partition coefficient (Wildman–Crippen LogP) is 3.72. The Morgan fingerprint density at radius 2 is 1.77 bits per heavy atom. The maximum Gasteiger partial charge on any atom is 0.255 e. The second kappa shape index (κ2) is 6.10. The first-order valence-corrected chi connectivity index (χ1v) is 7.42. The maximum absolute atomic E-state index is 12.4. The van der Waals surface area contributed by atoms with Gasteiger partial charge < -0.3 is 14.8 Å². The van der Waals surface area contributed by atoms with E-state index in [4.69, 9.17) is 9.47 Å². The number of aryl methyl sites for hydroxylation is 2. The van der Waals surface area contributed by atoms with Crippen LogP contribution < -0.4 is 14.8 Å². The third kappa shape index (κ3) is 3.06. The van der Waals surface area contributed by atoms with Crippen molar-refractivity contribution in [3.63, 3.8) is 0 Å². The summed E-state index contributed by atoms with van der Waals surface area (Å²) in [6, 6.07) is 11.3. The number of hydrogen-bond donors (Lipinski definition) is 1. The van der Waals surface area contributed by atoms with Crippen molar-refractivity contribution in [1.82, 2.24) is 0 Å². The average Bonchev–Trinajstić information content (AvgIpc) is 2.75. The number of fused-ring (bicyclic) bond motifs is 1. The van der Waals surface area contributed by atoms with E-state index in [1.54, 1.807) is 18.2 Å². The molecule has 4 heteroatoms. The lowest BCUT2D eigenvalue weighted by Crippen LogP contribution is -2.13. The van der Waals surface area contributed by atoms with Crippen molar-refractivity contribution in [2.75, 3.05) is 18.5 Å². The smallest absolute Gasteiger partial charge is 0.255 e. The fourth-order valence-electron chi connectivity index (χ4n) is 2.37. The van der Waals surface area contributed by atoms with Crippen LogP contribution in [-0.2, 0) is 0 Å². The molecule has 0 fully saturated rings. The lowest BCUT2D eigenvalue weighted by molar-refractivity contribution is 0.102. The zero-order valence-electron chi connectivity index (χ0n) is 12.8. The molecular formula is C18H19NO3. The maximum atomic E-state index is 12.4. The van der Waals surface area contributed by atoms with E-state index in [0.29, 0.717) is 30.3 Å². The second-order valence-electron chi connectivity index (χ2n) is 5.48. The van der Waals surface area contributed by atoms with Crippen LogP contribution >= 0.6 is 0 Å². The molecule has 114 valence electrons. The van der Waals surface area contributed by atoms with Crippen LogP contribution in [0.1, 0.15) is 27.9 Å². The Kier molecular flexibility index (Phi) is 4.00. The van der Waals surface area contributed by atoms with Gasteiger partial charge >= 0.3 is 0 Å². The molecule has 1 aliphatic rings. The first kappa shape index (κ1) is 14.4. The summed E-state index contributed by atoms with van der Waals surface area (Å²) in [5.74, 6) is 1.18. The van der Waals surface area contributed by atoms with Gasteiger partial charge in [-0.05, 0) is 49.2 Å². The second-order valence-corrected chi connectivity index (χ2v) is 5.48. The summed E-state index contributed by atoms with van der Waals surface area (Å²) in [6.45, 7) is 5.22. The number of carbonyl (C=O) groups is 1. The number of amides is 1.